The molecule has 0 spiro atoms. The first-order chi connectivity index (χ1) is 25.8. The molecule has 0 aliphatic rings. The molecule has 11 rings (SSSR count). The summed E-state index contributed by atoms with van der Waals surface area (Å²) in [4.78, 5) is 10.5. The minimum absolute atomic E-state index is 0.877. The van der Waals surface area contributed by atoms with Gasteiger partial charge in [-0.05, 0) is 82.6 Å². The first-order valence-electron chi connectivity index (χ1n) is 17.6. The molecule has 0 N–H and O–H groups in total. The lowest BCUT2D eigenvalue weighted by Gasteiger charge is -2.12. The van der Waals surface area contributed by atoms with Crippen LogP contribution in [0.15, 0.2) is 176 Å². The van der Waals surface area contributed by atoms with Crippen molar-refractivity contribution in [2.45, 2.75) is 0 Å². The second-order valence-electron chi connectivity index (χ2n) is 13.4. The highest BCUT2D eigenvalue weighted by Crippen LogP contribution is 2.41. The van der Waals surface area contributed by atoms with Crippen molar-refractivity contribution in [2.75, 3.05) is 0 Å². The van der Waals surface area contributed by atoms with E-state index in [1.54, 1.807) is 0 Å². The van der Waals surface area contributed by atoms with E-state index in [1.165, 1.54) is 63.9 Å². The van der Waals surface area contributed by atoms with Gasteiger partial charge in [0.15, 0.2) is 0 Å². The number of benzene rings is 8. The second-order valence-corrected chi connectivity index (χ2v) is 14.5. The standard InChI is InChI=1S/C48H29N3S/c1-2-10-35(11-3-1)51-42-16-8-4-12-37(42)39-29-34(23-26-43(39)51)48-47(49-40-14-6-7-15-41(40)50-48)31-20-18-30(19-21-31)32-22-25-36-33(28-32)24-27-45-46(36)38-13-5-9-17-44(38)52-45/h1-29H. The predicted octanol–water partition coefficient (Wildman–Crippen LogP) is 13.2. The number of nitrogens with zero attached hydrogens (tertiary/aromatic N) is 3. The molecule has 0 aliphatic heterocycles. The molecule has 0 radical (unpaired) electrons. The molecule has 3 nitrogen and oxygen atoms in total. The number of hydrogen-bond acceptors (Lipinski definition) is 3. The maximum absolute atomic E-state index is 5.26. The summed E-state index contributed by atoms with van der Waals surface area (Å²) >= 11 is 1.87. The number of para-hydroxylation sites is 4. The molecule has 0 unspecified atom stereocenters. The van der Waals surface area contributed by atoms with Crippen molar-refractivity contribution < 1.29 is 0 Å². The number of hydrogen-bond donors (Lipinski definition) is 0. The van der Waals surface area contributed by atoms with Gasteiger partial charge in [0.1, 0.15) is 0 Å². The zero-order valence-corrected chi connectivity index (χ0v) is 28.8. The van der Waals surface area contributed by atoms with E-state index in [0.717, 1.165) is 39.2 Å². The van der Waals surface area contributed by atoms with Crippen molar-refractivity contribution in [1.82, 2.24) is 14.5 Å². The van der Waals surface area contributed by atoms with E-state index in [4.69, 9.17) is 9.97 Å². The van der Waals surface area contributed by atoms with E-state index in [9.17, 15) is 0 Å². The van der Waals surface area contributed by atoms with Crippen molar-refractivity contribution in [3.63, 3.8) is 0 Å². The van der Waals surface area contributed by atoms with Crippen LogP contribution in [0.3, 0.4) is 0 Å². The van der Waals surface area contributed by atoms with E-state index >= 15 is 0 Å². The van der Waals surface area contributed by atoms with E-state index in [1.807, 2.05) is 35.6 Å². The average molecular weight is 680 g/mol. The smallest absolute Gasteiger partial charge is 0.0973 e. The zero-order chi connectivity index (χ0) is 34.2. The maximum atomic E-state index is 5.26. The number of aromatic nitrogens is 3. The Balaban J connectivity index is 1.04. The Morgan fingerprint density at radius 3 is 1.85 bits per heavy atom. The predicted molar refractivity (Wildman–Crippen MR) is 221 cm³/mol. The number of rotatable bonds is 4. The van der Waals surface area contributed by atoms with Crippen molar-refractivity contribution in [3.8, 4) is 39.3 Å². The molecule has 0 saturated carbocycles. The molecule has 0 amide bonds. The molecule has 11 aromatic rings. The summed E-state index contributed by atoms with van der Waals surface area (Å²) in [5.74, 6) is 0. The van der Waals surface area contributed by atoms with Gasteiger partial charge < -0.3 is 4.57 Å². The molecule has 4 heteroatoms. The summed E-state index contributed by atoms with van der Waals surface area (Å²) in [6.45, 7) is 0. The summed E-state index contributed by atoms with van der Waals surface area (Å²) in [6.07, 6.45) is 0. The topological polar surface area (TPSA) is 30.7 Å². The van der Waals surface area contributed by atoms with Crippen LogP contribution in [0.2, 0.25) is 0 Å². The third kappa shape index (κ3) is 4.51. The Labute approximate surface area is 303 Å². The van der Waals surface area contributed by atoms with Crippen LogP contribution in [-0.4, -0.2) is 14.5 Å². The Kier molecular flexibility index (Phi) is 6.42. The molecular formula is C48H29N3S. The highest BCUT2D eigenvalue weighted by molar-refractivity contribution is 7.26. The Morgan fingerprint density at radius 2 is 1.02 bits per heavy atom. The summed E-state index contributed by atoms with van der Waals surface area (Å²) in [7, 11) is 0. The van der Waals surface area contributed by atoms with Crippen LogP contribution in [0.5, 0.6) is 0 Å². The number of fused-ring (bicyclic) bond motifs is 9. The Bertz CT molecular complexity index is 3170. The lowest BCUT2D eigenvalue weighted by Crippen LogP contribution is -1.96. The van der Waals surface area contributed by atoms with Gasteiger partial charge in [-0.1, -0.05) is 115 Å². The average Bonchev–Trinajstić information content (AvgIpc) is 3.76. The molecule has 3 aromatic heterocycles. The molecule has 0 bridgehead atoms. The molecule has 8 aromatic carbocycles. The molecule has 242 valence electrons. The molecule has 0 atom stereocenters. The molecule has 3 heterocycles. The van der Waals surface area contributed by atoms with E-state index in [-0.39, 0.29) is 0 Å². The van der Waals surface area contributed by atoms with E-state index in [2.05, 4.69) is 156 Å². The molecular weight excluding hydrogens is 651 g/mol. The first kappa shape index (κ1) is 29.1. The molecule has 0 fully saturated rings. The summed E-state index contributed by atoms with van der Waals surface area (Å²) in [5.41, 5.74) is 11.5. The third-order valence-electron chi connectivity index (χ3n) is 10.4. The van der Waals surface area contributed by atoms with E-state index in [0.29, 0.717) is 0 Å². The van der Waals surface area contributed by atoms with Crippen LogP contribution in [0.1, 0.15) is 0 Å². The fourth-order valence-corrected chi connectivity index (χ4v) is 9.05. The minimum Gasteiger partial charge on any atom is -0.309 e. The maximum Gasteiger partial charge on any atom is 0.0973 e. The minimum atomic E-state index is 0.877. The van der Waals surface area contributed by atoms with Crippen molar-refractivity contribution in [3.05, 3.63) is 176 Å². The molecule has 52 heavy (non-hydrogen) atoms. The van der Waals surface area contributed by atoms with Crippen molar-refractivity contribution in [2.24, 2.45) is 0 Å². The summed E-state index contributed by atoms with van der Waals surface area (Å²) in [6, 6.07) is 63.0. The van der Waals surface area contributed by atoms with Gasteiger partial charge in [-0.25, -0.2) is 9.97 Å². The molecule has 0 saturated heterocycles. The largest absolute Gasteiger partial charge is 0.309 e. The lowest BCUT2D eigenvalue weighted by atomic mass is 9.96. The van der Waals surface area contributed by atoms with Gasteiger partial charge in [-0.15, -0.1) is 11.3 Å². The fraction of sp³-hybridized carbons (Fsp3) is 0. The summed E-state index contributed by atoms with van der Waals surface area (Å²) in [5, 5.41) is 7.65. The zero-order valence-electron chi connectivity index (χ0n) is 28.0. The van der Waals surface area contributed by atoms with Gasteiger partial charge in [0, 0.05) is 47.8 Å². The van der Waals surface area contributed by atoms with Crippen LogP contribution in [-0.2, 0) is 0 Å². The van der Waals surface area contributed by atoms with Crippen molar-refractivity contribution >= 4 is 75.1 Å². The van der Waals surface area contributed by atoms with Gasteiger partial charge in [-0.2, -0.15) is 0 Å². The van der Waals surface area contributed by atoms with Gasteiger partial charge in [0.05, 0.1) is 33.5 Å². The normalized spacial score (nSPS) is 11.8. The van der Waals surface area contributed by atoms with Crippen molar-refractivity contribution in [1.29, 1.82) is 0 Å². The van der Waals surface area contributed by atoms with Crippen LogP contribution < -0.4 is 0 Å². The van der Waals surface area contributed by atoms with Crippen LogP contribution in [0, 0.1) is 0 Å². The highest BCUT2D eigenvalue weighted by atomic mass is 32.1. The Morgan fingerprint density at radius 1 is 0.385 bits per heavy atom. The van der Waals surface area contributed by atoms with E-state index < -0.39 is 0 Å². The van der Waals surface area contributed by atoms with Gasteiger partial charge in [-0.3, -0.25) is 0 Å². The molecule has 0 aliphatic carbocycles. The Hall–Kier alpha value is -6.62. The number of thiophene rings is 1. The van der Waals surface area contributed by atoms with Crippen LogP contribution in [0.4, 0.5) is 0 Å². The van der Waals surface area contributed by atoms with Gasteiger partial charge >= 0.3 is 0 Å². The third-order valence-corrected chi connectivity index (χ3v) is 11.5. The SMILES string of the molecule is c1ccc(-n2c3ccccc3c3cc(-c4nc5ccccc5nc4-c4ccc(-c5ccc6c(ccc7sc8ccccc8c76)c5)cc4)ccc32)cc1. The summed E-state index contributed by atoms with van der Waals surface area (Å²) < 4.78 is 5.01. The van der Waals surface area contributed by atoms with Gasteiger partial charge in [0.2, 0.25) is 0 Å². The monoisotopic (exact) mass is 679 g/mol. The second kappa shape index (κ2) is 11.5. The van der Waals surface area contributed by atoms with Gasteiger partial charge in [0.25, 0.3) is 0 Å². The fourth-order valence-electron chi connectivity index (χ4n) is 7.93. The first-order valence-corrected chi connectivity index (χ1v) is 18.4. The highest BCUT2D eigenvalue weighted by Gasteiger charge is 2.18. The van der Waals surface area contributed by atoms with Crippen LogP contribution >= 0.6 is 11.3 Å². The van der Waals surface area contributed by atoms with Crippen LogP contribution in [0.25, 0.3) is 103 Å². The quantitative estimate of drug-likeness (QED) is 0.185. The lowest BCUT2D eigenvalue weighted by molar-refractivity contribution is 1.18.